The third-order valence-corrected chi connectivity index (χ3v) is 5.55. The van der Waals surface area contributed by atoms with Crippen LogP contribution in [0.4, 0.5) is 0 Å². The molecule has 114 valence electrons. The van der Waals surface area contributed by atoms with E-state index in [-0.39, 0.29) is 22.9 Å². The maximum absolute atomic E-state index is 12.5. The van der Waals surface area contributed by atoms with Gasteiger partial charge in [-0.15, -0.1) is 0 Å². The molecule has 0 aromatic heterocycles. The Morgan fingerprint density at radius 2 is 1.86 bits per heavy atom. The van der Waals surface area contributed by atoms with E-state index in [2.05, 4.69) is 0 Å². The molecule has 0 bridgehead atoms. The van der Waals surface area contributed by atoms with Crippen LogP contribution in [-0.4, -0.2) is 42.3 Å². The number of rotatable bonds is 4. The molecule has 0 spiro atoms. The minimum Gasteiger partial charge on any atom is -0.480 e. The zero-order valence-corrected chi connectivity index (χ0v) is 12.2. The van der Waals surface area contributed by atoms with Crippen molar-refractivity contribution in [3.05, 3.63) is 29.8 Å². The molecule has 1 saturated heterocycles. The highest BCUT2D eigenvalue weighted by Gasteiger charge is 2.43. The molecule has 0 saturated carbocycles. The van der Waals surface area contributed by atoms with Gasteiger partial charge in [0.05, 0.1) is 4.90 Å². The highest BCUT2D eigenvalue weighted by molar-refractivity contribution is 7.89. The number of sulfonamides is 1. The second-order valence-corrected chi connectivity index (χ2v) is 6.94. The SMILES string of the molecule is CC1CCN(S(=O)(=O)c2ccc(C(N)=O)cc2)C1C(=O)O. The third kappa shape index (κ3) is 2.77. The number of hydrogen-bond acceptors (Lipinski definition) is 4. The number of carboxylic acids is 1. The summed E-state index contributed by atoms with van der Waals surface area (Å²) in [6, 6.07) is 4.08. The van der Waals surface area contributed by atoms with E-state index in [4.69, 9.17) is 5.73 Å². The van der Waals surface area contributed by atoms with Crippen LogP contribution in [0.2, 0.25) is 0 Å². The lowest BCUT2D eigenvalue weighted by molar-refractivity contribution is -0.141. The molecule has 3 N–H and O–H groups in total. The Bertz CT molecular complexity index is 668. The van der Waals surface area contributed by atoms with Gasteiger partial charge in [-0.2, -0.15) is 4.31 Å². The van der Waals surface area contributed by atoms with Gasteiger partial charge in [0.25, 0.3) is 0 Å². The average molecular weight is 312 g/mol. The van der Waals surface area contributed by atoms with E-state index in [0.717, 1.165) is 4.31 Å². The lowest BCUT2D eigenvalue weighted by Gasteiger charge is -2.22. The number of primary amides is 1. The number of carbonyl (C=O) groups excluding carboxylic acids is 1. The molecular formula is C13H16N2O5S. The highest BCUT2D eigenvalue weighted by atomic mass is 32.2. The largest absolute Gasteiger partial charge is 0.480 e. The predicted molar refractivity (Wildman–Crippen MR) is 74.1 cm³/mol. The van der Waals surface area contributed by atoms with Gasteiger partial charge >= 0.3 is 5.97 Å². The quantitative estimate of drug-likeness (QED) is 0.827. The van der Waals surface area contributed by atoms with Crippen LogP contribution in [0, 0.1) is 5.92 Å². The number of nitrogens with two attached hydrogens (primary N) is 1. The molecule has 1 fully saturated rings. The van der Waals surface area contributed by atoms with E-state index in [9.17, 15) is 23.1 Å². The zero-order valence-electron chi connectivity index (χ0n) is 11.4. The Morgan fingerprint density at radius 3 is 2.33 bits per heavy atom. The first kappa shape index (κ1) is 15.5. The van der Waals surface area contributed by atoms with Crippen molar-refractivity contribution in [3.63, 3.8) is 0 Å². The summed E-state index contributed by atoms with van der Waals surface area (Å²) >= 11 is 0. The number of nitrogens with zero attached hydrogens (tertiary/aromatic N) is 1. The normalized spacial score (nSPS) is 23.1. The fourth-order valence-electron chi connectivity index (χ4n) is 2.47. The zero-order chi connectivity index (χ0) is 15.8. The number of carboxylic acid groups (broad SMARTS) is 1. The highest BCUT2D eigenvalue weighted by Crippen LogP contribution is 2.30. The molecule has 8 heteroatoms. The van der Waals surface area contributed by atoms with Crippen molar-refractivity contribution in [2.24, 2.45) is 11.7 Å². The van der Waals surface area contributed by atoms with Crippen LogP contribution in [0.1, 0.15) is 23.7 Å². The molecule has 21 heavy (non-hydrogen) atoms. The maximum atomic E-state index is 12.5. The number of benzene rings is 1. The van der Waals surface area contributed by atoms with E-state index in [1.165, 1.54) is 24.3 Å². The molecule has 2 rings (SSSR count). The van der Waals surface area contributed by atoms with Gasteiger partial charge < -0.3 is 10.8 Å². The maximum Gasteiger partial charge on any atom is 0.322 e. The van der Waals surface area contributed by atoms with Crippen molar-refractivity contribution in [2.45, 2.75) is 24.3 Å². The summed E-state index contributed by atoms with van der Waals surface area (Å²) in [5, 5.41) is 9.21. The van der Waals surface area contributed by atoms with Gasteiger partial charge in [-0.1, -0.05) is 6.92 Å². The van der Waals surface area contributed by atoms with Crippen LogP contribution in [0.3, 0.4) is 0 Å². The van der Waals surface area contributed by atoms with Crippen LogP contribution in [0.15, 0.2) is 29.2 Å². The van der Waals surface area contributed by atoms with E-state index < -0.39 is 27.9 Å². The van der Waals surface area contributed by atoms with Gasteiger partial charge in [-0.05, 0) is 36.6 Å². The standard InChI is InChI=1S/C13H16N2O5S/c1-8-6-7-15(11(8)13(17)18)21(19,20)10-4-2-9(3-5-10)12(14)16/h2-5,8,11H,6-7H2,1H3,(H2,14,16)(H,17,18). The molecule has 1 heterocycles. The molecule has 0 aliphatic carbocycles. The first-order valence-corrected chi connectivity index (χ1v) is 7.83. The topological polar surface area (TPSA) is 118 Å². The third-order valence-electron chi connectivity index (χ3n) is 3.65. The Hall–Kier alpha value is -1.93. The molecule has 1 aromatic rings. The fraction of sp³-hybridized carbons (Fsp3) is 0.385. The van der Waals surface area contributed by atoms with Crippen molar-refractivity contribution in [1.82, 2.24) is 4.31 Å². The van der Waals surface area contributed by atoms with Crippen molar-refractivity contribution >= 4 is 21.9 Å². The molecule has 1 amide bonds. The summed E-state index contributed by atoms with van der Waals surface area (Å²) in [5.41, 5.74) is 5.29. The van der Waals surface area contributed by atoms with Gasteiger partial charge in [0.2, 0.25) is 15.9 Å². The van der Waals surface area contributed by atoms with Crippen LogP contribution < -0.4 is 5.73 Å². The summed E-state index contributed by atoms with van der Waals surface area (Å²) in [4.78, 5) is 22.2. The Morgan fingerprint density at radius 1 is 1.29 bits per heavy atom. The Balaban J connectivity index is 2.37. The predicted octanol–water partition coefficient (Wildman–Crippen LogP) is 0.269. The van der Waals surface area contributed by atoms with E-state index >= 15 is 0 Å². The van der Waals surface area contributed by atoms with Gasteiger partial charge in [-0.25, -0.2) is 8.42 Å². The summed E-state index contributed by atoms with van der Waals surface area (Å²) in [6.45, 7) is 1.88. The molecule has 1 aliphatic rings. The Kier molecular flexibility index (Phi) is 4.02. The number of amides is 1. The molecule has 7 nitrogen and oxygen atoms in total. The lowest BCUT2D eigenvalue weighted by Crippen LogP contribution is -2.42. The minimum absolute atomic E-state index is 0.0483. The molecule has 1 aromatic carbocycles. The summed E-state index contributed by atoms with van der Waals surface area (Å²) < 4.78 is 26.0. The van der Waals surface area contributed by atoms with Crippen molar-refractivity contribution in [1.29, 1.82) is 0 Å². The monoisotopic (exact) mass is 312 g/mol. The van der Waals surface area contributed by atoms with E-state index in [0.29, 0.717) is 6.42 Å². The summed E-state index contributed by atoms with van der Waals surface area (Å²) in [6.07, 6.45) is 0.496. The van der Waals surface area contributed by atoms with Crippen LogP contribution in [0.5, 0.6) is 0 Å². The van der Waals surface area contributed by atoms with E-state index in [1.807, 2.05) is 0 Å². The van der Waals surface area contributed by atoms with Crippen LogP contribution in [-0.2, 0) is 14.8 Å². The van der Waals surface area contributed by atoms with Gasteiger partial charge in [-0.3, -0.25) is 9.59 Å². The minimum atomic E-state index is -3.91. The fourth-order valence-corrected chi connectivity index (χ4v) is 4.17. The molecular weight excluding hydrogens is 296 g/mol. The molecule has 2 unspecified atom stereocenters. The summed E-state index contributed by atoms with van der Waals surface area (Å²) in [5.74, 6) is -2.06. The molecule has 0 radical (unpaired) electrons. The van der Waals surface area contributed by atoms with Gasteiger partial charge in [0.15, 0.2) is 0 Å². The first-order valence-electron chi connectivity index (χ1n) is 6.39. The summed E-state index contributed by atoms with van der Waals surface area (Å²) in [7, 11) is -3.91. The first-order chi connectivity index (χ1) is 9.75. The number of aliphatic carboxylic acids is 1. The Labute approximate surface area is 122 Å². The van der Waals surface area contributed by atoms with Gasteiger partial charge in [0, 0.05) is 12.1 Å². The van der Waals surface area contributed by atoms with Gasteiger partial charge in [0.1, 0.15) is 6.04 Å². The van der Waals surface area contributed by atoms with Crippen LogP contribution in [0.25, 0.3) is 0 Å². The average Bonchev–Trinajstić information content (AvgIpc) is 2.81. The molecule has 2 atom stereocenters. The van der Waals surface area contributed by atoms with Crippen molar-refractivity contribution in [3.8, 4) is 0 Å². The second-order valence-electron chi connectivity index (χ2n) is 5.05. The number of carbonyl (C=O) groups is 2. The van der Waals surface area contributed by atoms with Crippen molar-refractivity contribution in [2.75, 3.05) is 6.54 Å². The second kappa shape index (κ2) is 5.45. The smallest absolute Gasteiger partial charge is 0.322 e. The number of hydrogen-bond donors (Lipinski definition) is 2. The van der Waals surface area contributed by atoms with Crippen LogP contribution >= 0.6 is 0 Å². The molecule has 1 aliphatic heterocycles. The lowest BCUT2D eigenvalue weighted by atomic mass is 10.0. The van der Waals surface area contributed by atoms with E-state index in [1.54, 1.807) is 6.92 Å². The van der Waals surface area contributed by atoms with Crippen molar-refractivity contribution < 1.29 is 23.1 Å².